The van der Waals surface area contributed by atoms with E-state index >= 15 is 0 Å². The Kier molecular flexibility index (Phi) is 45.3. The van der Waals surface area contributed by atoms with Gasteiger partial charge in [0.05, 0.1) is 145 Å². The molecule has 0 aromatic carbocycles. The maximum absolute atomic E-state index is 11.8. The Morgan fingerprint density at radius 2 is 0.528 bits per heavy atom. The molecule has 316 valence electrons. The summed E-state index contributed by atoms with van der Waals surface area (Å²) in [4.78, 5) is 22.4. The second-order valence-electron chi connectivity index (χ2n) is 11.9. The van der Waals surface area contributed by atoms with Gasteiger partial charge in [-0.1, -0.05) is 58.3 Å². The molecule has 0 saturated heterocycles. The molecule has 15 heteroatoms. The fourth-order valence-corrected chi connectivity index (χ4v) is 4.41. The molecule has 15 nitrogen and oxygen atoms in total. The van der Waals surface area contributed by atoms with Crippen molar-refractivity contribution in [3.8, 4) is 0 Å². The van der Waals surface area contributed by atoms with Crippen LogP contribution in [-0.2, 0) is 71.2 Å². The van der Waals surface area contributed by atoms with Crippen LogP contribution in [0.5, 0.6) is 0 Å². The first-order valence-electron chi connectivity index (χ1n) is 19.8. The molecule has 0 amide bonds. The molecule has 0 spiro atoms. The summed E-state index contributed by atoms with van der Waals surface area (Å²) in [5.41, 5.74) is 0. The average Bonchev–Trinajstić information content (AvgIpc) is 3.15. The largest absolute Gasteiger partial charge is 0.463 e. The SMILES string of the molecule is CCCCCCCCCCCC(=O)OCCOCCOCCOCCOCCOCCOCCOCCOCCOCCOCCOCCOC(C)=O. The molecule has 0 aliphatic heterocycles. The molecule has 53 heavy (non-hydrogen) atoms. The number of carbonyl (C=O) groups excluding carboxylic acids is 2. The lowest BCUT2D eigenvalue weighted by atomic mass is 10.1. The number of carbonyl (C=O) groups is 2. The minimum atomic E-state index is -0.313. The van der Waals surface area contributed by atoms with Crippen LogP contribution < -0.4 is 0 Å². The van der Waals surface area contributed by atoms with Gasteiger partial charge in [0.25, 0.3) is 0 Å². The van der Waals surface area contributed by atoms with Crippen LogP contribution in [0.2, 0.25) is 0 Å². The molecule has 0 aromatic rings. The molecule has 0 radical (unpaired) electrons. The topological polar surface area (TPSA) is 154 Å². The average molecular weight is 771 g/mol. The van der Waals surface area contributed by atoms with Crippen LogP contribution >= 0.6 is 0 Å². The van der Waals surface area contributed by atoms with E-state index < -0.39 is 0 Å². The van der Waals surface area contributed by atoms with Gasteiger partial charge in [-0.15, -0.1) is 0 Å². The molecule has 0 heterocycles. The van der Waals surface area contributed by atoms with Gasteiger partial charge in [0.2, 0.25) is 0 Å². The summed E-state index contributed by atoms with van der Waals surface area (Å²) in [5.74, 6) is -0.454. The summed E-state index contributed by atoms with van der Waals surface area (Å²) in [5, 5.41) is 0. The van der Waals surface area contributed by atoms with E-state index in [-0.39, 0.29) is 25.2 Å². The third-order valence-electron chi connectivity index (χ3n) is 7.23. The number of hydrogen-bond acceptors (Lipinski definition) is 15. The van der Waals surface area contributed by atoms with Crippen LogP contribution in [0.25, 0.3) is 0 Å². The third kappa shape index (κ3) is 48.5. The Morgan fingerprint density at radius 1 is 0.302 bits per heavy atom. The van der Waals surface area contributed by atoms with Crippen molar-refractivity contribution in [1.29, 1.82) is 0 Å². The minimum absolute atomic E-state index is 0.140. The fourth-order valence-electron chi connectivity index (χ4n) is 4.41. The van der Waals surface area contributed by atoms with Gasteiger partial charge < -0.3 is 61.6 Å². The van der Waals surface area contributed by atoms with E-state index in [0.29, 0.717) is 152 Å². The van der Waals surface area contributed by atoms with Gasteiger partial charge in [0, 0.05) is 13.3 Å². The predicted octanol–water partition coefficient (Wildman–Crippen LogP) is 4.20. The van der Waals surface area contributed by atoms with E-state index in [4.69, 9.17) is 61.6 Å². The van der Waals surface area contributed by atoms with E-state index in [1.165, 1.54) is 51.9 Å². The van der Waals surface area contributed by atoms with Gasteiger partial charge in [-0.05, 0) is 6.42 Å². The summed E-state index contributed by atoms with van der Waals surface area (Å²) < 4.78 is 69.8. The highest BCUT2D eigenvalue weighted by atomic mass is 16.6. The van der Waals surface area contributed by atoms with E-state index in [2.05, 4.69) is 6.92 Å². The zero-order valence-corrected chi connectivity index (χ0v) is 33.2. The summed E-state index contributed by atoms with van der Waals surface area (Å²) in [7, 11) is 0. The molecule has 0 aromatic heterocycles. The number of hydrogen-bond donors (Lipinski definition) is 0. The van der Waals surface area contributed by atoms with Crippen molar-refractivity contribution in [3.63, 3.8) is 0 Å². The fraction of sp³-hybridized carbons (Fsp3) is 0.947. The van der Waals surface area contributed by atoms with Crippen molar-refractivity contribution in [1.82, 2.24) is 0 Å². The van der Waals surface area contributed by atoms with Crippen LogP contribution in [0.4, 0.5) is 0 Å². The monoisotopic (exact) mass is 771 g/mol. The maximum atomic E-state index is 11.8. The van der Waals surface area contributed by atoms with Crippen LogP contribution in [0.15, 0.2) is 0 Å². The number of rotatable bonds is 46. The van der Waals surface area contributed by atoms with Gasteiger partial charge in [0.1, 0.15) is 13.2 Å². The highest BCUT2D eigenvalue weighted by Crippen LogP contribution is 2.10. The Morgan fingerprint density at radius 3 is 0.792 bits per heavy atom. The molecular weight excluding hydrogens is 696 g/mol. The van der Waals surface area contributed by atoms with E-state index in [1.807, 2.05) is 0 Å². The van der Waals surface area contributed by atoms with Gasteiger partial charge in [-0.3, -0.25) is 9.59 Å². The lowest BCUT2D eigenvalue weighted by molar-refractivity contribution is -0.145. The zero-order chi connectivity index (χ0) is 38.4. The predicted molar refractivity (Wildman–Crippen MR) is 198 cm³/mol. The second-order valence-corrected chi connectivity index (χ2v) is 11.9. The van der Waals surface area contributed by atoms with Gasteiger partial charge in [-0.25, -0.2) is 0 Å². The molecule has 0 atom stereocenters. The van der Waals surface area contributed by atoms with Crippen molar-refractivity contribution in [2.24, 2.45) is 0 Å². The highest BCUT2D eigenvalue weighted by Gasteiger charge is 2.03. The van der Waals surface area contributed by atoms with Crippen molar-refractivity contribution >= 4 is 11.9 Å². The first-order chi connectivity index (χ1) is 26.2. The molecule has 0 fully saturated rings. The van der Waals surface area contributed by atoms with Gasteiger partial charge in [-0.2, -0.15) is 0 Å². The number of esters is 2. The third-order valence-corrected chi connectivity index (χ3v) is 7.23. The summed E-state index contributed by atoms with van der Waals surface area (Å²) in [6.07, 6.45) is 11.6. The number of unbranched alkanes of at least 4 members (excludes halogenated alkanes) is 8. The van der Waals surface area contributed by atoms with Gasteiger partial charge in [0.15, 0.2) is 0 Å². The van der Waals surface area contributed by atoms with Gasteiger partial charge >= 0.3 is 11.9 Å². The second kappa shape index (κ2) is 46.7. The molecular formula is C38H74O15. The quantitative estimate of drug-likeness (QED) is 0.0642. The summed E-state index contributed by atoms with van der Waals surface area (Å²) in [6, 6.07) is 0. The minimum Gasteiger partial charge on any atom is -0.463 e. The highest BCUT2D eigenvalue weighted by molar-refractivity contribution is 5.69. The normalized spacial score (nSPS) is 11.4. The summed E-state index contributed by atoms with van der Waals surface area (Å²) in [6.45, 7) is 14.5. The van der Waals surface area contributed by atoms with E-state index in [9.17, 15) is 9.59 Å². The van der Waals surface area contributed by atoms with Crippen molar-refractivity contribution < 1.29 is 71.2 Å². The van der Waals surface area contributed by atoms with Crippen LogP contribution in [0, 0.1) is 0 Å². The molecule has 0 bridgehead atoms. The summed E-state index contributed by atoms with van der Waals surface area (Å²) >= 11 is 0. The smallest absolute Gasteiger partial charge is 0.305 e. The Balaban J connectivity index is 3.11. The van der Waals surface area contributed by atoms with Crippen LogP contribution in [-0.4, -0.2) is 171 Å². The molecule has 0 N–H and O–H groups in total. The zero-order valence-electron chi connectivity index (χ0n) is 33.2. The number of ether oxygens (including phenoxy) is 13. The van der Waals surface area contributed by atoms with Crippen molar-refractivity contribution in [3.05, 3.63) is 0 Å². The van der Waals surface area contributed by atoms with Crippen LogP contribution in [0.1, 0.15) is 78.1 Å². The Labute approximate surface area is 319 Å². The van der Waals surface area contributed by atoms with Crippen LogP contribution in [0.3, 0.4) is 0 Å². The first kappa shape index (κ1) is 51.5. The van der Waals surface area contributed by atoms with Crippen molar-refractivity contribution in [2.45, 2.75) is 78.1 Å². The Hall–Kier alpha value is -1.50. The lowest BCUT2D eigenvalue weighted by Crippen LogP contribution is -2.16. The maximum Gasteiger partial charge on any atom is 0.305 e. The van der Waals surface area contributed by atoms with Crippen molar-refractivity contribution in [2.75, 3.05) is 159 Å². The molecule has 0 aliphatic carbocycles. The first-order valence-corrected chi connectivity index (χ1v) is 19.8. The Bertz CT molecular complexity index is 732. The van der Waals surface area contributed by atoms with E-state index in [0.717, 1.165) is 12.8 Å². The van der Waals surface area contributed by atoms with E-state index in [1.54, 1.807) is 0 Å². The molecule has 0 unspecified atom stereocenters. The molecule has 0 aliphatic rings. The lowest BCUT2D eigenvalue weighted by Gasteiger charge is -2.09. The molecule has 0 rings (SSSR count). The molecule has 0 saturated carbocycles. The standard InChI is InChI=1S/C38H74O15/c1-3-4-5-6-7-8-9-10-11-12-38(40)53-36-34-51-32-30-49-28-26-47-24-22-45-20-18-43-16-14-41-13-15-42-17-19-44-21-23-46-25-27-48-29-31-50-33-35-52-37(2)39/h3-36H2,1-2H3.